The first-order valence-electron chi connectivity index (χ1n) is 4.36. The summed E-state index contributed by atoms with van der Waals surface area (Å²) in [6.07, 6.45) is 5.67. The molecule has 1 fully saturated rings. The van der Waals surface area contributed by atoms with Crippen LogP contribution in [0.25, 0.3) is 0 Å². The smallest absolute Gasteiger partial charge is 0.220 e. The Balaban J connectivity index is 2.34. The van der Waals surface area contributed by atoms with Gasteiger partial charge in [-0.1, -0.05) is 6.42 Å². The Bertz CT molecular complexity index is 292. The molecule has 0 atom stereocenters. The van der Waals surface area contributed by atoms with E-state index in [0.717, 1.165) is 5.69 Å². The van der Waals surface area contributed by atoms with Gasteiger partial charge in [0, 0.05) is 12.1 Å². The fourth-order valence-corrected chi connectivity index (χ4v) is 1.56. The van der Waals surface area contributed by atoms with Crippen molar-refractivity contribution in [3.63, 3.8) is 0 Å². The van der Waals surface area contributed by atoms with Crippen molar-refractivity contribution >= 4 is 5.95 Å². The van der Waals surface area contributed by atoms with E-state index in [0.29, 0.717) is 11.9 Å². The zero-order chi connectivity index (χ0) is 8.55. The Morgan fingerprint density at radius 1 is 1.50 bits per heavy atom. The molecular formula is C9H13N3. The highest BCUT2D eigenvalue weighted by Crippen LogP contribution is 2.36. The number of aromatic nitrogens is 2. The predicted molar refractivity (Wildman–Crippen MR) is 47.8 cm³/mol. The lowest BCUT2D eigenvalue weighted by Gasteiger charge is -2.25. The van der Waals surface area contributed by atoms with Gasteiger partial charge in [-0.3, -0.25) is 0 Å². The second-order valence-corrected chi connectivity index (χ2v) is 3.42. The molecular weight excluding hydrogens is 150 g/mol. The SMILES string of the molecule is Cc1cnc(N)nc1C1CCC1. The van der Waals surface area contributed by atoms with Crippen molar-refractivity contribution < 1.29 is 0 Å². The van der Waals surface area contributed by atoms with E-state index in [-0.39, 0.29) is 0 Å². The van der Waals surface area contributed by atoms with Crippen LogP contribution in [-0.4, -0.2) is 9.97 Å². The third-order valence-corrected chi connectivity index (χ3v) is 2.52. The molecule has 1 aromatic heterocycles. The molecule has 2 N–H and O–H groups in total. The number of nitrogens with two attached hydrogens (primary N) is 1. The van der Waals surface area contributed by atoms with E-state index in [1.165, 1.54) is 24.8 Å². The van der Waals surface area contributed by atoms with E-state index in [9.17, 15) is 0 Å². The second-order valence-electron chi connectivity index (χ2n) is 3.42. The molecule has 3 nitrogen and oxygen atoms in total. The molecule has 64 valence electrons. The molecule has 1 aliphatic carbocycles. The van der Waals surface area contributed by atoms with Crippen LogP contribution in [0.2, 0.25) is 0 Å². The molecule has 0 unspecified atom stereocenters. The molecule has 0 aliphatic heterocycles. The van der Waals surface area contributed by atoms with Crippen molar-refractivity contribution in [3.05, 3.63) is 17.5 Å². The molecule has 0 radical (unpaired) electrons. The fourth-order valence-electron chi connectivity index (χ4n) is 1.56. The molecule has 1 aromatic rings. The monoisotopic (exact) mass is 163 g/mol. The molecule has 2 rings (SSSR count). The van der Waals surface area contributed by atoms with Gasteiger partial charge in [0.15, 0.2) is 0 Å². The van der Waals surface area contributed by atoms with E-state index in [4.69, 9.17) is 5.73 Å². The van der Waals surface area contributed by atoms with Crippen LogP contribution < -0.4 is 5.73 Å². The van der Waals surface area contributed by atoms with Crippen LogP contribution in [0.1, 0.15) is 36.4 Å². The van der Waals surface area contributed by atoms with Crippen molar-refractivity contribution in [2.24, 2.45) is 0 Å². The topological polar surface area (TPSA) is 51.8 Å². The summed E-state index contributed by atoms with van der Waals surface area (Å²) >= 11 is 0. The van der Waals surface area contributed by atoms with E-state index in [1.807, 2.05) is 13.1 Å². The molecule has 0 spiro atoms. The molecule has 0 aromatic carbocycles. The van der Waals surface area contributed by atoms with Gasteiger partial charge in [-0.05, 0) is 25.3 Å². The Kier molecular flexibility index (Phi) is 1.71. The highest BCUT2D eigenvalue weighted by molar-refractivity contribution is 5.27. The third-order valence-electron chi connectivity index (χ3n) is 2.52. The lowest BCUT2D eigenvalue weighted by Crippen LogP contribution is -2.13. The summed E-state index contributed by atoms with van der Waals surface area (Å²) in [6.45, 7) is 2.05. The normalized spacial score (nSPS) is 17.4. The quantitative estimate of drug-likeness (QED) is 0.684. The zero-order valence-corrected chi connectivity index (χ0v) is 7.25. The average Bonchev–Trinajstić information content (AvgIpc) is 1.93. The number of rotatable bonds is 1. The maximum absolute atomic E-state index is 5.52. The molecule has 1 aliphatic rings. The molecule has 12 heavy (non-hydrogen) atoms. The van der Waals surface area contributed by atoms with Crippen molar-refractivity contribution in [1.82, 2.24) is 9.97 Å². The Morgan fingerprint density at radius 3 is 2.83 bits per heavy atom. The van der Waals surface area contributed by atoms with Gasteiger partial charge >= 0.3 is 0 Å². The first-order chi connectivity index (χ1) is 5.77. The minimum absolute atomic E-state index is 0.405. The van der Waals surface area contributed by atoms with E-state index < -0.39 is 0 Å². The summed E-state index contributed by atoms with van der Waals surface area (Å²) in [5, 5.41) is 0. The minimum Gasteiger partial charge on any atom is -0.368 e. The number of anilines is 1. The van der Waals surface area contributed by atoms with Gasteiger partial charge in [0.25, 0.3) is 0 Å². The molecule has 3 heteroatoms. The number of nitrogens with zero attached hydrogens (tertiary/aromatic N) is 2. The van der Waals surface area contributed by atoms with Gasteiger partial charge in [0.1, 0.15) is 0 Å². The summed E-state index contributed by atoms with van der Waals surface area (Å²) in [6, 6.07) is 0. The van der Waals surface area contributed by atoms with Crippen LogP contribution in [0.4, 0.5) is 5.95 Å². The molecule has 1 heterocycles. The molecule has 0 saturated heterocycles. The lowest BCUT2D eigenvalue weighted by atomic mass is 9.81. The van der Waals surface area contributed by atoms with Crippen molar-refractivity contribution in [2.75, 3.05) is 5.73 Å². The lowest BCUT2D eigenvalue weighted by molar-refractivity contribution is 0.409. The molecule has 1 saturated carbocycles. The first kappa shape index (κ1) is 7.53. The predicted octanol–water partition coefficient (Wildman–Crippen LogP) is 1.63. The Labute approximate surface area is 72.0 Å². The van der Waals surface area contributed by atoms with Gasteiger partial charge in [-0.2, -0.15) is 0 Å². The van der Waals surface area contributed by atoms with E-state index >= 15 is 0 Å². The minimum atomic E-state index is 0.405. The highest BCUT2D eigenvalue weighted by Gasteiger charge is 2.22. The number of aryl methyl sites for hydroxylation is 1. The van der Waals surface area contributed by atoms with Crippen LogP contribution in [0.5, 0.6) is 0 Å². The number of hydrogen-bond donors (Lipinski definition) is 1. The summed E-state index contributed by atoms with van der Waals surface area (Å²) in [5.41, 5.74) is 7.86. The Hall–Kier alpha value is -1.12. The standard InChI is InChI=1S/C9H13N3/c1-6-5-11-9(10)12-8(6)7-3-2-4-7/h5,7H,2-4H2,1H3,(H2,10,11,12). The van der Waals surface area contributed by atoms with E-state index in [1.54, 1.807) is 0 Å². The maximum atomic E-state index is 5.52. The fraction of sp³-hybridized carbons (Fsp3) is 0.556. The third kappa shape index (κ3) is 1.15. The zero-order valence-electron chi connectivity index (χ0n) is 7.25. The molecule has 0 bridgehead atoms. The summed E-state index contributed by atoms with van der Waals surface area (Å²) < 4.78 is 0. The number of nitrogen functional groups attached to an aromatic ring is 1. The summed E-state index contributed by atoms with van der Waals surface area (Å²) in [5.74, 6) is 1.05. The van der Waals surface area contributed by atoms with Gasteiger partial charge in [0.05, 0.1) is 5.69 Å². The largest absolute Gasteiger partial charge is 0.368 e. The first-order valence-corrected chi connectivity index (χ1v) is 4.36. The summed E-state index contributed by atoms with van der Waals surface area (Å²) in [7, 11) is 0. The number of hydrogen-bond acceptors (Lipinski definition) is 3. The average molecular weight is 163 g/mol. The maximum Gasteiger partial charge on any atom is 0.220 e. The van der Waals surface area contributed by atoms with Gasteiger partial charge in [-0.25, -0.2) is 9.97 Å². The van der Waals surface area contributed by atoms with Crippen LogP contribution in [-0.2, 0) is 0 Å². The van der Waals surface area contributed by atoms with Crippen LogP contribution in [0.15, 0.2) is 6.20 Å². The van der Waals surface area contributed by atoms with Crippen LogP contribution in [0, 0.1) is 6.92 Å². The van der Waals surface area contributed by atoms with E-state index in [2.05, 4.69) is 9.97 Å². The van der Waals surface area contributed by atoms with Crippen LogP contribution in [0.3, 0.4) is 0 Å². The highest BCUT2D eigenvalue weighted by atomic mass is 15.0. The summed E-state index contributed by atoms with van der Waals surface area (Å²) in [4.78, 5) is 8.21. The van der Waals surface area contributed by atoms with Gasteiger partial charge in [0.2, 0.25) is 5.95 Å². The van der Waals surface area contributed by atoms with Crippen molar-refractivity contribution in [2.45, 2.75) is 32.1 Å². The second kappa shape index (κ2) is 2.73. The van der Waals surface area contributed by atoms with Gasteiger partial charge in [-0.15, -0.1) is 0 Å². The van der Waals surface area contributed by atoms with Crippen LogP contribution >= 0.6 is 0 Å². The van der Waals surface area contributed by atoms with Crippen molar-refractivity contribution in [3.8, 4) is 0 Å². The molecule has 0 amide bonds. The Morgan fingerprint density at radius 2 is 2.25 bits per heavy atom. The van der Waals surface area contributed by atoms with Gasteiger partial charge < -0.3 is 5.73 Å². The van der Waals surface area contributed by atoms with Crippen molar-refractivity contribution in [1.29, 1.82) is 0 Å².